The highest BCUT2D eigenvalue weighted by Crippen LogP contribution is 2.25. The lowest BCUT2D eigenvalue weighted by atomic mass is 10.1. The molecule has 0 aromatic carbocycles. The first-order valence-corrected chi connectivity index (χ1v) is 7.24. The van der Waals surface area contributed by atoms with Crippen molar-refractivity contribution in [3.05, 3.63) is 23.2 Å². The summed E-state index contributed by atoms with van der Waals surface area (Å²) in [5.41, 5.74) is -0.338. The van der Waals surface area contributed by atoms with Crippen molar-refractivity contribution in [3.63, 3.8) is 0 Å². The predicted molar refractivity (Wildman–Crippen MR) is 79.6 cm³/mol. The van der Waals surface area contributed by atoms with Gasteiger partial charge in [-0.25, -0.2) is 4.68 Å². The monoisotopic (exact) mass is 307 g/mol. The summed E-state index contributed by atoms with van der Waals surface area (Å²) < 4.78 is 1.48. The molecule has 2 aromatic heterocycles. The Balaban J connectivity index is 2.12. The van der Waals surface area contributed by atoms with Crippen molar-refractivity contribution in [3.8, 4) is 22.4 Å². The Hall–Kier alpha value is -1.72. The van der Waals surface area contributed by atoms with E-state index in [1.165, 1.54) is 16.0 Å². The van der Waals surface area contributed by atoms with Crippen LogP contribution in [-0.4, -0.2) is 48.6 Å². The zero-order valence-corrected chi connectivity index (χ0v) is 12.6. The molecule has 2 rings (SSSR count). The SMILES string of the molecule is CC(C)(O)C#Cc1ccc(-c2cn(C[C@@H](O)CO)nn2)s1. The van der Waals surface area contributed by atoms with Gasteiger partial charge in [0.1, 0.15) is 11.3 Å². The topological polar surface area (TPSA) is 91.4 Å². The Morgan fingerprint density at radius 3 is 2.86 bits per heavy atom. The number of hydrogen-bond donors (Lipinski definition) is 3. The van der Waals surface area contributed by atoms with Gasteiger partial charge in [-0.3, -0.25) is 0 Å². The van der Waals surface area contributed by atoms with Crippen molar-refractivity contribution >= 4 is 11.3 Å². The van der Waals surface area contributed by atoms with Crippen molar-refractivity contribution < 1.29 is 15.3 Å². The van der Waals surface area contributed by atoms with Crippen LogP contribution in [0.25, 0.3) is 10.6 Å². The van der Waals surface area contributed by atoms with Crippen LogP contribution in [0.2, 0.25) is 0 Å². The lowest BCUT2D eigenvalue weighted by molar-refractivity contribution is 0.0778. The standard InChI is InChI=1S/C14H17N3O3S/c1-14(2,20)6-5-11-3-4-13(21-11)12-8-17(16-15-12)7-10(19)9-18/h3-4,8,10,18-20H,7,9H2,1-2H3/t10-/m1/s1. The first kappa shape index (κ1) is 15.7. The normalized spacial score (nSPS) is 12.8. The minimum Gasteiger partial charge on any atom is -0.394 e. The number of nitrogens with zero attached hydrogens (tertiary/aromatic N) is 3. The average molecular weight is 307 g/mol. The van der Waals surface area contributed by atoms with Gasteiger partial charge in [-0.2, -0.15) is 0 Å². The molecule has 0 bridgehead atoms. The number of aliphatic hydroxyl groups excluding tert-OH is 2. The molecule has 0 unspecified atom stereocenters. The van der Waals surface area contributed by atoms with Crippen molar-refractivity contribution in [2.45, 2.75) is 32.1 Å². The molecule has 112 valence electrons. The summed E-state index contributed by atoms with van der Waals surface area (Å²) in [7, 11) is 0. The van der Waals surface area contributed by atoms with Gasteiger partial charge in [-0.05, 0) is 26.0 Å². The van der Waals surface area contributed by atoms with E-state index >= 15 is 0 Å². The van der Waals surface area contributed by atoms with Crippen molar-refractivity contribution in [2.75, 3.05) is 6.61 Å². The maximum Gasteiger partial charge on any atom is 0.123 e. The molecule has 0 spiro atoms. The van der Waals surface area contributed by atoms with Gasteiger partial charge in [0.2, 0.25) is 0 Å². The molecule has 0 aliphatic rings. The van der Waals surface area contributed by atoms with Crippen LogP contribution in [0, 0.1) is 11.8 Å². The van der Waals surface area contributed by atoms with E-state index < -0.39 is 11.7 Å². The third kappa shape index (κ3) is 4.65. The van der Waals surface area contributed by atoms with E-state index in [9.17, 15) is 10.2 Å². The Bertz CT molecular complexity index is 661. The van der Waals surface area contributed by atoms with Crippen molar-refractivity contribution in [1.29, 1.82) is 0 Å². The number of aromatic nitrogens is 3. The van der Waals surface area contributed by atoms with Crippen LogP contribution in [0.1, 0.15) is 18.7 Å². The quantitative estimate of drug-likeness (QED) is 0.715. The average Bonchev–Trinajstić information content (AvgIpc) is 3.03. The van der Waals surface area contributed by atoms with Gasteiger partial charge < -0.3 is 15.3 Å². The fourth-order valence-corrected chi connectivity index (χ4v) is 2.34. The van der Waals surface area contributed by atoms with E-state index in [4.69, 9.17) is 5.11 Å². The third-order valence-corrected chi connectivity index (χ3v) is 3.52. The minimum absolute atomic E-state index is 0.195. The van der Waals surface area contributed by atoms with Gasteiger partial charge >= 0.3 is 0 Å². The third-order valence-electron chi connectivity index (χ3n) is 2.50. The van der Waals surface area contributed by atoms with Gasteiger partial charge in [0.05, 0.1) is 35.2 Å². The molecule has 7 heteroatoms. The number of aliphatic hydroxyl groups is 3. The predicted octanol–water partition coefficient (Wildman–Crippen LogP) is 0.482. The van der Waals surface area contributed by atoms with Gasteiger partial charge in [-0.15, -0.1) is 16.4 Å². The molecule has 2 heterocycles. The second-order valence-electron chi connectivity index (χ2n) is 5.14. The summed E-state index contributed by atoms with van der Waals surface area (Å²) in [6.45, 7) is 3.14. The lowest BCUT2D eigenvalue weighted by Crippen LogP contribution is -2.20. The molecule has 6 nitrogen and oxygen atoms in total. The van der Waals surface area contributed by atoms with Crippen LogP contribution < -0.4 is 0 Å². The number of rotatable bonds is 4. The largest absolute Gasteiger partial charge is 0.394 e. The molecule has 2 aromatic rings. The van der Waals surface area contributed by atoms with Crippen LogP contribution in [0.3, 0.4) is 0 Å². The van der Waals surface area contributed by atoms with Gasteiger partial charge in [0.15, 0.2) is 0 Å². The van der Waals surface area contributed by atoms with Crippen LogP contribution in [-0.2, 0) is 6.54 Å². The summed E-state index contributed by atoms with van der Waals surface area (Å²) >= 11 is 1.45. The molecular formula is C14H17N3O3S. The van der Waals surface area contributed by atoms with E-state index in [2.05, 4.69) is 22.2 Å². The highest BCUT2D eigenvalue weighted by molar-refractivity contribution is 7.16. The maximum absolute atomic E-state index is 9.57. The van der Waals surface area contributed by atoms with E-state index in [-0.39, 0.29) is 13.2 Å². The Morgan fingerprint density at radius 2 is 2.19 bits per heavy atom. The molecular weight excluding hydrogens is 290 g/mol. The summed E-state index contributed by atoms with van der Waals surface area (Å²) in [4.78, 5) is 1.73. The second-order valence-corrected chi connectivity index (χ2v) is 6.22. The smallest absolute Gasteiger partial charge is 0.123 e. The molecule has 1 atom stereocenters. The molecule has 0 aliphatic heterocycles. The van der Waals surface area contributed by atoms with E-state index in [1.807, 2.05) is 12.1 Å². The molecule has 0 fully saturated rings. The Labute approximate surface area is 126 Å². The highest BCUT2D eigenvalue weighted by Gasteiger charge is 2.10. The lowest BCUT2D eigenvalue weighted by Gasteiger charge is -2.05. The maximum atomic E-state index is 9.57. The molecule has 21 heavy (non-hydrogen) atoms. The van der Waals surface area contributed by atoms with E-state index in [0.29, 0.717) is 5.69 Å². The number of hydrogen-bond acceptors (Lipinski definition) is 6. The first-order chi connectivity index (χ1) is 9.87. The summed E-state index contributed by atoms with van der Waals surface area (Å²) in [6.07, 6.45) is 0.855. The zero-order chi connectivity index (χ0) is 15.5. The second kappa shape index (κ2) is 6.37. The molecule has 0 saturated carbocycles. The van der Waals surface area contributed by atoms with Crippen molar-refractivity contribution in [2.24, 2.45) is 0 Å². The first-order valence-electron chi connectivity index (χ1n) is 6.42. The highest BCUT2D eigenvalue weighted by atomic mass is 32.1. The molecule has 0 amide bonds. The summed E-state index contributed by atoms with van der Waals surface area (Å²) in [5.74, 6) is 5.67. The van der Waals surface area contributed by atoms with Crippen LogP contribution in [0.15, 0.2) is 18.3 Å². The molecule has 0 radical (unpaired) electrons. The van der Waals surface area contributed by atoms with Gasteiger partial charge in [0, 0.05) is 0 Å². The Morgan fingerprint density at radius 1 is 1.43 bits per heavy atom. The zero-order valence-electron chi connectivity index (χ0n) is 11.8. The summed E-state index contributed by atoms with van der Waals surface area (Å²) in [6, 6.07) is 3.75. The van der Waals surface area contributed by atoms with Gasteiger partial charge in [0.25, 0.3) is 0 Å². The fraction of sp³-hybridized carbons (Fsp3) is 0.429. The van der Waals surface area contributed by atoms with Gasteiger partial charge in [-0.1, -0.05) is 17.1 Å². The van der Waals surface area contributed by atoms with Crippen LogP contribution in [0.5, 0.6) is 0 Å². The fourth-order valence-electron chi connectivity index (χ4n) is 1.53. The molecule has 3 N–H and O–H groups in total. The molecule has 0 aliphatic carbocycles. The van der Waals surface area contributed by atoms with Crippen LogP contribution >= 0.6 is 11.3 Å². The van der Waals surface area contributed by atoms with E-state index in [1.54, 1.807) is 20.0 Å². The molecule has 0 saturated heterocycles. The minimum atomic E-state index is -1.02. The Kier molecular flexibility index (Phi) is 4.75. The number of thiophene rings is 1. The van der Waals surface area contributed by atoms with Crippen molar-refractivity contribution in [1.82, 2.24) is 15.0 Å². The summed E-state index contributed by atoms with van der Waals surface area (Å²) in [5, 5.41) is 35.7. The van der Waals surface area contributed by atoms with Crippen LogP contribution in [0.4, 0.5) is 0 Å². The van der Waals surface area contributed by atoms with E-state index in [0.717, 1.165) is 9.75 Å².